The highest BCUT2D eigenvalue weighted by Crippen LogP contribution is 2.28. The number of anilines is 3. The molecule has 0 saturated carbocycles. The summed E-state index contributed by atoms with van der Waals surface area (Å²) in [6, 6.07) is 10.5. The Morgan fingerprint density at radius 3 is 2.15 bits per heavy atom. The zero-order chi connectivity index (χ0) is 18.7. The molecule has 3 aromatic rings. The van der Waals surface area contributed by atoms with Gasteiger partial charge in [0.1, 0.15) is 5.82 Å². The van der Waals surface area contributed by atoms with Crippen LogP contribution in [0.15, 0.2) is 42.7 Å². The van der Waals surface area contributed by atoms with Crippen LogP contribution in [0.25, 0.3) is 11.3 Å². The number of aromatic nitrogens is 3. The van der Waals surface area contributed by atoms with Crippen LogP contribution in [0.4, 0.5) is 17.5 Å². The van der Waals surface area contributed by atoms with E-state index in [4.69, 9.17) is 0 Å². The topological polar surface area (TPSA) is 62.7 Å². The number of aryl methyl sites for hydroxylation is 3. The predicted molar refractivity (Wildman–Crippen MR) is 108 cm³/mol. The molecule has 5 nitrogen and oxygen atoms in total. The number of rotatable bonds is 5. The largest absolute Gasteiger partial charge is 0.352 e. The third kappa shape index (κ3) is 4.17. The van der Waals surface area contributed by atoms with E-state index in [0.29, 0.717) is 5.95 Å². The van der Waals surface area contributed by atoms with E-state index in [1.54, 1.807) is 12.4 Å². The van der Waals surface area contributed by atoms with Crippen LogP contribution >= 0.6 is 0 Å². The Morgan fingerprint density at radius 2 is 1.54 bits per heavy atom. The minimum atomic E-state index is 0.249. The fourth-order valence-corrected chi connectivity index (χ4v) is 3.01. The first-order valence-electron chi connectivity index (χ1n) is 8.83. The molecule has 26 heavy (non-hydrogen) atoms. The van der Waals surface area contributed by atoms with Gasteiger partial charge in [-0.25, -0.2) is 4.98 Å². The van der Waals surface area contributed by atoms with E-state index in [1.807, 2.05) is 18.2 Å². The minimum absolute atomic E-state index is 0.249. The maximum atomic E-state index is 4.65. The van der Waals surface area contributed by atoms with Crippen molar-refractivity contribution in [2.45, 2.75) is 40.7 Å². The van der Waals surface area contributed by atoms with E-state index < -0.39 is 0 Å². The molecule has 0 atom stereocenters. The van der Waals surface area contributed by atoms with Gasteiger partial charge in [-0.3, -0.25) is 4.98 Å². The second kappa shape index (κ2) is 7.52. The molecular weight excluding hydrogens is 322 g/mol. The minimum Gasteiger partial charge on any atom is -0.352 e. The fourth-order valence-electron chi connectivity index (χ4n) is 3.01. The first kappa shape index (κ1) is 17.9. The lowest BCUT2D eigenvalue weighted by atomic mass is 10.1. The lowest BCUT2D eigenvalue weighted by Crippen LogP contribution is -2.13. The molecule has 0 fully saturated rings. The van der Waals surface area contributed by atoms with Gasteiger partial charge in [0.2, 0.25) is 5.95 Å². The summed E-state index contributed by atoms with van der Waals surface area (Å²) in [4.78, 5) is 13.4. The van der Waals surface area contributed by atoms with Crippen molar-refractivity contribution in [2.24, 2.45) is 0 Å². The zero-order valence-electron chi connectivity index (χ0n) is 16.0. The SMILES string of the molecule is Cc1cc(C)c(Nc2cc(-c3ccncc3)nc(NC(C)C)n2)c(C)c1. The Hall–Kier alpha value is -2.95. The van der Waals surface area contributed by atoms with Crippen LogP contribution < -0.4 is 10.6 Å². The Bertz CT molecular complexity index is 881. The normalized spacial score (nSPS) is 10.8. The molecule has 0 bridgehead atoms. The second-order valence-corrected chi connectivity index (χ2v) is 6.90. The Morgan fingerprint density at radius 1 is 0.885 bits per heavy atom. The van der Waals surface area contributed by atoms with Crippen molar-refractivity contribution in [3.63, 3.8) is 0 Å². The van der Waals surface area contributed by atoms with Crippen molar-refractivity contribution in [1.82, 2.24) is 15.0 Å². The molecule has 0 saturated heterocycles. The molecule has 2 N–H and O–H groups in total. The zero-order valence-corrected chi connectivity index (χ0v) is 16.0. The van der Waals surface area contributed by atoms with E-state index >= 15 is 0 Å². The van der Waals surface area contributed by atoms with Crippen molar-refractivity contribution < 1.29 is 0 Å². The van der Waals surface area contributed by atoms with Gasteiger partial charge in [0.25, 0.3) is 0 Å². The highest BCUT2D eigenvalue weighted by Gasteiger charge is 2.10. The van der Waals surface area contributed by atoms with E-state index in [2.05, 4.69) is 72.3 Å². The molecule has 5 heteroatoms. The van der Waals surface area contributed by atoms with Gasteiger partial charge in [0.05, 0.1) is 5.69 Å². The molecule has 0 unspecified atom stereocenters. The number of benzene rings is 1. The van der Waals surface area contributed by atoms with Gasteiger partial charge in [-0.05, 0) is 57.9 Å². The van der Waals surface area contributed by atoms with E-state index in [-0.39, 0.29) is 6.04 Å². The Labute approximate surface area is 154 Å². The van der Waals surface area contributed by atoms with Gasteiger partial charge in [0, 0.05) is 35.8 Å². The highest BCUT2D eigenvalue weighted by atomic mass is 15.2. The molecule has 3 rings (SSSR count). The van der Waals surface area contributed by atoms with Gasteiger partial charge < -0.3 is 10.6 Å². The van der Waals surface area contributed by atoms with Gasteiger partial charge >= 0.3 is 0 Å². The summed E-state index contributed by atoms with van der Waals surface area (Å²) in [5.41, 5.74) is 6.61. The van der Waals surface area contributed by atoms with Gasteiger partial charge in [-0.2, -0.15) is 4.98 Å². The van der Waals surface area contributed by atoms with Crippen LogP contribution in [0.5, 0.6) is 0 Å². The van der Waals surface area contributed by atoms with E-state index in [0.717, 1.165) is 22.8 Å². The van der Waals surface area contributed by atoms with Crippen LogP contribution in [-0.4, -0.2) is 21.0 Å². The molecule has 2 aromatic heterocycles. The summed E-state index contributed by atoms with van der Waals surface area (Å²) in [5, 5.41) is 6.79. The van der Waals surface area contributed by atoms with Gasteiger partial charge in [-0.15, -0.1) is 0 Å². The van der Waals surface area contributed by atoms with Crippen LogP contribution in [-0.2, 0) is 0 Å². The van der Waals surface area contributed by atoms with Crippen molar-refractivity contribution >= 4 is 17.5 Å². The van der Waals surface area contributed by atoms with Crippen molar-refractivity contribution in [1.29, 1.82) is 0 Å². The summed E-state index contributed by atoms with van der Waals surface area (Å²) in [6.07, 6.45) is 3.54. The second-order valence-electron chi connectivity index (χ2n) is 6.90. The average Bonchev–Trinajstić information content (AvgIpc) is 2.58. The molecule has 1 aromatic carbocycles. The monoisotopic (exact) mass is 347 g/mol. The van der Waals surface area contributed by atoms with E-state index in [1.165, 1.54) is 16.7 Å². The van der Waals surface area contributed by atoms with E-state index in [9.17, 15) is 0 Å². The summed E-state index contributed by atoms with van der Waals surface area (Å²) in [5.74, 6) is 1.38. The molecule has 134 valence electrons. The molecule has 0 spiro atoms. The van der Waals surface area contributed by atoms with Crippen LogP contribution in [0.2, 0.25) is 0 Å². The first-order chi connectivity index (χ1) is 12.4. The lowest BCUT2D eigenvalue weighted by molar-refractivity contribution is 0.876. The predicted octanol–water partition coefficient (Wildman–Crippen LogP) is 5.03. The Balaban J connectivity index is 2.03. The average molecular weight is 347 g/mol. The van der Waals surface area contributed by atoms with Gasteiger partial charge in [0.15, 0.2) is 0 Å². The van der Waals surface area contributed by atoms with Crippen LogP contribution in [0.3, 0.4) is 0 Å². The summed E-state index contributed by atoms with van der Waals surface area (Å²) in [6.45, 7) is 10.5. The summed E-state index contributed by atoms with van der Waals surface area (Å²) >= 11 is 0. The lowest BCUT2D eigenvalue weighted by Gasteiger charge is -2.16. The molecule has 0 radical (unpaired) electrons. The van der Waals surface area contributed by atoms with Gasteiger partial charge in [-0.1, -0.05) is 17.7 Å². The highest BCUT2D eigenvalue weighted by molar-refractivity contribution is 5.70. The number of hydrogen-bond acceptors (Lipinski definition) is 5. The summed E-state index contributed by atoms with van der Waals surface area (Å²) in [7, 11) is 0. The number of pyridine rings is 1. The molecule has 0 aliphatic carbocycles. The quantitative estimate of drug-likeness (QED) is 0.678. The van der Waals surface area contributed by atoms with Crippen molar-refractivity contribution in [3.05, 3.63) is 59.4 Å². The molecule has 0 aliphatic heterocycles. The number of hydrogen-bond donors (Lipinski definition) is 2. The van der Waals surface area contributed by atoms with Crippen LogP contribution in [0.1, 0.15) is 30.5 Å². The van der Waals surface area contributed by atoms with Crippen molar-refractivity contribution in [2.75, 3.05) is 10.6 Å². The first-order valence-corrected chi connectivity index (χ1v) is 8.83. The maximum Gasteiger partial charge on any atom is 0.225 e. The fraction of sp³-hybridized carbons (Fsp3) is 0.286. The summed E-state index contributed by atoms with van der Waals surface area (Å²) < 4.78 is 0. The standard InChI is InChI=1S/C21H25N5/c1-13(2)23-21-24-18(17-6-8-22-9-7-17)12-19(26-21)25-20-15(4)10-14(3)11-16(20)5/h6-13H,1-5H3,(H2,23,24,25,26). The van der Waals surface area contributed by atoms with Crippen LogP contribution in [0, 0.1) is 20.8 Å². The molecular formula is C21H25N5. The number of nitrogens with zero attached hydrogens (tertiary/aromatic N) is 3. The molecule has 0 aliphatic rings. The number of nitrogens with one attached hydrogen (secondary N) is 2. The third-order valence-corrected chi connectivity index (χ3v) is 4.05. The third-order valence-electron chi connectivity index (χ3n) is 4.05. The van der Waals surface area contributed by atoms with Crippen molar-refractivity contribution in [3.8, 4) is 11.3 Å². The molecule has 0 amide bonds. The Kier molecular flexibility index (Phi) is 5.16. The smallest absolute Gasteiger partial charge is 0.225 e. The molecule has 2 heterocycles. The maximum absolute atomic E-state index is 4.65.